The van der Waals surface area contributed by atoms with E-state index in [1.54, 1.807) is 6.92 Å². The van der Waals surface area contributed by atoms with Gasteiger partial charge in [0, 0.05) is 0 Å². The minimum atomic E-state index is -0.846. The van der Waals surface area contributed by atoms with Crippen LogP contribution in [0.2, 0.25) is 0 Å². The van der Waals surface area contributed by atoms with Crippen molar-refractivity contribution < 1.29 is 9.59 Å². The molecule has 5 nitrogen and oxygen atoms in total. The van der Waals surface area contributed by atoms with Crippen LogP contribution in [0.4, 0.5) is 4.79 Å². The van der Waals surface area contributed by atoms with Crippen molar-refractivity contribution >= 4 is 18.2 Å². The fourth-order valence-corrected chi connectivity index (χ4v) is 1.89. The maximum absolute atomic E-state index is 12.1. The highest BCUT2D eigenvalue weighted by atomic mass is 16.2. The molecule has 1 N–H and O–H groups in total. The van der Waals surface area contributed by atoms with Crippen molar-refractivity contribution in [3.63, 3.8) is 0 Å². The quantitative estimate of drug-likeness (QED) is 0.667. The van der Waals surface area contributed by atoms with Crippen molar-refractivity contribution in [3.8, 4) is 0 Å². The van der Waals surface area contributed by atoms with E-state index in [0.29, 0.717) is 6.42 Å². The Hall–Kier alpha value is -2.17. The first-order valence-corrected chi connectivity index (χ1v) is 6.23. The largest absolute Gasteiger partial charge is 0.346 e. The average Bonchev–Trinajstić information content (AvgIpc) is 2.59. The lowest BCUT2D eigenvalue weighted by Gasteiger charge is -2.17. The minimum Gasteiger partial charge on any atom is -0.322 e. The summed E-state index contributed by atoms with van der Waals surface area (Å²) < 4.78 is 0. The molecule has 2 rings (SSSR count). The van der Waals surface area contributed by atoms with Crippen LogP contribution in [0, 0.1) is 6.92 Å². The number of rotatable bonds is 3. The molecule has 3 amide bonds. The molecule has 1 aliphatic heterocycles. The number of carbonyl (C=O) groups excluding carboxylic acids is 2. The summed E-state index contributed by atoms with van der Waals surface area (Å²) in [6, 6.07) is 7.20. The van der Waals surface area contributed by atoms with Crippen molar-refractivity contribution in [2.24, 2.45) is 5.10 Å². The zero-order chi connectivity index (χ0) is 14.0. The molecule has 5 heteroatoms. The number of nitrogens with zero attached hydrogens (tertiary/aromatic N) is 2. The van der Waals surface area contributed by atoms with E-state index in [0.717, 1.165) is 16.1 Å². The Kier molecular flexibility index (Phi) is 3.38. The predicted molar refractivity (Wildman–Crippen MR) is 72.8 cm³/mol. The smallest absolute Gasteiger partial charge is 0.322 e. The van der Waals surface area contributed by atoms with Gasteiger partial charge in [0.1, 0.15) is 5.54 Å². The molecule has 0 saturated carbocycles. The van der Waals surface area contributed by atoms with Crippen LogP contribution in [-0.4, -0.2) is 28.7 Å². The molecule has 1 atom stereocenters. The number of hydrogen-bond donors (Lipinski definition) is 1. The van der Waals surface area contributed by atoms with Gasteiger partial charge in [-0.1, -0.05) is 36.8 Å². The lowest BCUT2D eigenvalue weighted by molar-refractivity contribution is -0.130. The topological polar surface area (TPSA) is 61.8 Å². The highest BCUT2D eigenvalue weighted by molar-refractivity contribution is 6.07. The SMILES string of the molecule is CC[C@@]1(C)NC(=O)N(/N=C\c2cccc(C)c2)C1=O. The number of hydrazone groups is 1. The van der Waals surface area contributed by atoms with E-state index in [1.807, 2.05) is 38.1 Å². The zero-order valence-corrected chi connectivity index (χ0v) is 11.3. The third-order valence-electron chi connectivity index (χ3n) is 3.31. The van der Waals surface area contributed by atoms with Gasteiger partial charge in [0.05, 0.1) is 6.21 Å². The highest BCUT2D eigenvalue weighted by Gasteiger charge is 2.46. The molecular formula is C14H17N3O2. The zero-order valence-electron chi connectivity index (χ0n) is 11.3. The standard InChI is InChI=1S/C14H17N3O2/c1-4-14(3)12(18)17(13(19)16-14)15-9-11-7-5-6-10(2)8-11/h5-9H,4H2,1-3H3,(H,16,19)/b15-9-/t14-/m1/s1. The Morgan fingerprint density at radius 1 is 1.42 bits per heavy atom. The molecule has 1 fully saturated rings. The molecule has 0 aliphatic carbocycles. The number of benzene rings is 1. The minimum absolute atomic E-state index is 0.316. The Labute approximate surface area is 112 Å². The van der Waals surface area contributed by atoms with E-state index in [-0.39, 0.29) is 5.91 Å². The first-order chi connectivity index (χ1) is 8.96. The van der Waals surface area contributed by atoms with Crippen LogP contribution >= 0.6 is 0 Å². The number of aryl methyl sites for hydroxylation is 1. The summed E-state index contributed by atoms with van der Waals surface area (Å²) >= 11 is 0. The van der Waals surface area contributed by atoms with Crippen molar-refractivity contribution in [2.75, 3.05) is 0 Å². The third kappa shape index (κ3) is 2.50. The summed E-state index contributed by atoms with van der Waals surface area (Å²) in [6.45, 7) is 5.53. The summed E-state index contributed by atoms with van der Waals surface area (Å²) in [5.41, 5.74) is 1.10. The van der Waals surface area contributed by atoms with Crippen molar-refractivity contribution in [3.05, 3.63) is 35.4 Å². The van der Waals surface area contributed by atoms with Crippen LogP contribution in [0.3, 0.4) is 0 Å². The summed E-state index contributed by atoms with van der Waals surface area (Å²) in [6.07, 6.45) is 2.06. The number of imide groups is 1. The van der Waals surface area contributed by atoms with Gasteiger partial charge >= 0.3 is 6.03 Å². The average molecular weight is 259 g/mol. The van der Waals surface area contributed by atoms with Crippen LogP contribution in [0.5, 0.6) is 0 Å². The molecule has 19 heavy (non-hydrogen) atoms. The van der Waals surface area contributed by atoms with Crippen LogP contribution in [-0.2, 0) is 4.79 Å². The van der Waals surface area contributed by atoms with Crippen LogP contribution in [0.15, 0.2) is 29.4 Å². The maximum atomic E-state index is 12.1. The molecule has 100 valence electrons. The number of hydrogen-bond acceptors (Lipinski definition) is 3. The summed E-state index contributed by atoms with van der Waals surface area (Å²) in [5, 5.41) is 7.53. The first kappa shape index (κ1) is 13.3. The van der Waals surface area contributed by atoms with E-state index < -0.39 is 11.6 Å². The number of nitrogens with one attached hydrogen (secondary N) is 1. The summed E-state index contributed by atoms with van der Waals surface area (Å²) in [4.78, 5) is 23.8. The second-order valence-electron chi connectivity index (χ2n) is 4.89. The molecule has 1 saturated heterocycles. The van der Waals surface area contributed by atoms with E-state index in [1.165, 1.54) is 6.21 Å². The summed E-state index contributed by atoms with van der Waals surface area (Å²) in [7, 11) is 0. The normalized spacial score (nSPS) is 23.2. The number of amides is 3. The second-order valence-corrected chi connectivity index (χ2v) is 4.89. The molecule has 0 unspecified atom stereocenters. The van der Waals surface area contributed by atoms with Crippen molar-refractivity contribution in [1.29, 1.82) is 0 Å². The van der Waals surface area contributed by atoms with E-state index in [9.17, 15) is 9.59 Å². The van der Waals surface area contributed by atoms with Gasteiger partial charge in [-0.2, -0.15) is 5.10 Å². The lowest BCUT2D eigenvalue weighted by Crippen LogP contribution is -2.42. The maximum Gasteiger partial charge on any atom is 0.346 e. The van der Waals surface area contributed by atoms with Gasteiger partial charge in [0.15, 0.2) is 0 Å². The first-order valence-electron chi connectivity index (χ1n) is 6.23. The van der Waals surface area contributed by atoms with Gasteiger partial charge in [0.25, 0.3) is 5.91 Å². The molecule has 1 heterocycles. The van der Waals surface area contributed by atoms with Crippen molar-refractivity contribution in [1.82, 2.24) is 10.3 Å². The monoisotopic (exact) mass is 259 g/mol. The van der Waals surface area contributed by atoms with E-state index in [4.69, 9.17) is 0 Å². The highest BCUT2D eigenvalue weighted by Crippen LogP contribution is 2.20. The van der Waals surface area contributed by atoms with Gasteiger partial charge in [-0.15, -0.1) is 5.01 Å². The Balaban J connectivity index is 2.20. The van der Waals surface area contributed by atoms with E-state index >= 15 is 0 Å². The molecule has 1 aliphatic rings. The Morgan fingerprint density at radius 2 is 2.16 bits per heavy atom. The number of urea groups is 1. The van der Waals surface area contributed by atoms with Crippen LogP contribution in [0.1, 0.15) is 31.4 Å². The second kappa shape index (κ2) is 4.84. The van der Waals surface area contributed by atoms with Gasteiger partial charge in [-0.05, 0) is 25.8 Å². The van der Waals surface area contributed by atoms with Gasteiger partial charge in [-0.25, -0.2) is 4.79 Å². The fraction of sp³-hybridized carbons (Fsp3) is 0.357. The molecule has 0 aromatic heterocycles. The predicted octanol–water partition coefficient (Wildman–Crippen LogP) is 2.05. The fourth-order valence-electron chi connectivity index (χ4n) is 1.89. The van der Waals surface area contributed by atoms with Crippen LogP contribution < -0.4 is 5.32 Å². The Bertz CT molecular complexity index is 553. The number of carbonyl (C=O) groups is 2. The van der Waals surface area contributed by atoms with Gasteiger partial charge < -0.3 is 5.32 Å². The van der Waals surface area contributed by atoms with Crippen LogP contribution in [0.25, 0.3) is 0 Å². The van der Waals surface area contributed by atoms with E-state index in [2.05, 4.69) is 10.4 Å². The summed E-state index contributed by atoms with van der Waals surface area (Å²) in [5.74, 6) is -0.316. The van der Waals surface area contributed by atoms with Crippen molar-refractivity contribution in [2.45, 2.75) is 32.7 Å². The van der Waals surface area contributed by atoms with Gasteiger partial charge in [-0.3, -0.25) is 4.79 Å². The molecule has 0 radical (unpaired) electrons. The molecular weight excluding hydrogens is 242 g/mol. The molecule has 0 bridgehead atoms. The molecule has 0 spiro atoms. The molecule has 1 aromatic carbocycles. The Morgan fingerprint density at radius 3 is 2.74 bits per heavy atom. The molecule has 1 aromatic rings. The van der Waals surface area contributed by atoms with Gasteiger partial charge in [0.2, 0.25) is 0 Å². The third-order valence-corrected chi connectivity index (χ3v) is 3.31. The lowest BCUT2D eigenvalue weighted by atomic mass is 10.00.